The van der Waals surface area contributed by atoms with Gasteiger partial charge in [0.1, 0.15) is 0 Å². The van der Waals surface area contributed by atoms with Crippen LogP contribution in [-0.2, 0) is 19.5 Å². The van der Waals surface area contributed by atoms with Crippen LogP contribution in [0, 0.1) is 5.82 Å². The molecule has 3 aromatic rings. The molecule has 1 fully saturated rings. The summed E-state index contributed by atoms with van der Waals surface area (Å²) >= 11 is 0. The maximum atomic E-state index is 13.9. The molecule has 0 atom stereocenters. The summed E-state index contributed by atoms with van der Waals surface area (Å²) in [6.07, 6.45) is 0.677. The fourth-order valence-electron chi connectivity index (χ4n) is 3.57. The summed E-state index contributed by atoms with van der Waals surface area (Å²) < 4.78 is 24.3. The van der Waals surface area contributed by atoms with Gasteiger partial charge >= 0.3 is 0 Å². The molecule has 4 rings (SSSR count). The molecule has 6 nitrogen and oxygen atoms in total. The second-order valence-corrected chi connectivity index (χ2v) is 7.29. The van der Waals surface area contributed by atoms with E-state index >= 15 is 0 Å². The van der Waals surface area contributed by atoms with Crippen molar-refractivity contribution in [1.82, 2.24) is 19.9 Å². The van der Waals surface area contributed by atoms with Crippen molar-refractivity contribution < 1.29 is 13.7 Å². The van der Waals surface area contributed by atoms with Crippen molar-refractivity contribution in [3.8, 4) is 5.75 Å². The maximum Gasteiger partial charge on any atom is 0.240 e. The van der Waals surface area contributed by atoms with Crippen LogP contribution in [0.25, 0.3) is 0 Å². The van der Waals surface area contributed by atoms with Gasteiger partial charge in [0.15, 0.2) is 17.4 Å². The first-order valence-electron chi connectivity index (χ1n) is 9.82. The first kappa shape index (κ1) is 19.5. The number of piperazine rings is 1. The zero-order valence-electron chi connectivity index (χ0n) is 16.6. The van der Waals surface area contributed by atoms with Crippen molar-refractivity contribution >= 4 is 0 Å². The number of methoxy groups -OCH3 is 1. The molecule has 29 heavy (non-hydrogen) atoms. The first-order valence-corrected chi connectivity index (χ1v) is 9.82. The average Bonchev–Trinajstić information content (AvgIpc) is 3.17. The molecule has 0 unspecified atom stereocenters. The van der Waals surface area contributed by atoms with Crippen molar-refractivity contribution in [3.63, 3.8) is 0 Å². The lowest BCUT2D eigenvalue weighted by atomic mass is 10.1. The van der Waals surface area contributed by atoms with Crippen LogP contribution in [0.1, 0.15) is 22.8 Å². The van der Waals surface area contributed by atoms with E-state index in [1.54, 1.807) is 12.1 Å². The third kappa shape index (κ3) is 5.19. The van der Waals surface area contributed by atoms with Gasteiger partial charge in [-0.3, -0.25) is 9.80 Å². The SMILES string of the molecule is COc1ccc(CN2CCN(Cc3nc(Cc4ccccc4)no3)CC2)cc1F. The predicted octanol–water partition coefficient (Wildman–Crippen LogP) is 3.13. The third-order valence-electron chi connectivity index (χ3n) is 5.16. The highest BCUT2D eigenvalue weighted by molar-refractivity contribution is 5.29. The second-order valence-electron chi connectivity index (χ2n) is 7.29. The third-order valence-corrected chi connectivity index (χ3v) is 5.16. The van der Waals surface area contributed by atoms with E-state index in [4.69, 9.17) is 9.26 Å². The van der Waals surface area contributed by atoms with Crippen molar-refractivity contribution in [1.29, 1.82) is 0 Å². The minimum absolute atomic E-state index is 0.282. The number of nitrogens with zero attached hydrogens (tertiary/aromatic N) is 4. The van der Waals surface area contributed by atoms with E-state index in [-0.39, 0.29) is 11.6 Å². The van der Waals surface area contributed by atoms with Crippen LogP contribution in [0.2, 0.25) is 0 Å². The van der Waals surface area contributed by atoms with Gasteiger partial charge in [0, 0.05) is 39.1 Å². The molecule has 2 aromatic carbocycles. The number of aromatic nitrogens is 2. The lowest BCUT2D eigenvalue weighted by Gasteiger charge is -2.33. The minimum atomic E-state index is -0.314. The standard InChI is InChI=1S/C22H25FN4O2/c1-28-20-8-7-18(13-19(20)23)15-26-9-11-27(12-10-26)16-22-24-21(25-29-22)14-17-5-3-2-4-6-17/h2-8,13H,9-12,14-16H2,1H3. The Hall–Kier alpha value is -2.77. The Bertz CT molecular complexity index is 924. The summed E-state index contributed by atoms with van der Waals surface area (Å²) in [5.74, 6) is 1.34. The average molecular weight is 396 g/mol. The molecule has 0 aliphatic carbocycles. The Labute approximate surface area is 169 Å². The fourth-order valence-corrected chi connectivity index (χ4v) is 3.57. The van der Waals surface area contributed by atoms with Crippen molar-refractivity contribution in [3.05, 3.63) is 77.2 Å². The number of hydrogen-bond acceptors (Lipinski definition) is 6. The zero-order valence-corrected chi connectivity index (χ0v) is 16.6. The van der Waals surface area contributed by atoms with Crippen LogP contribution in [0.4, 0.5) is 4.39 Å². The predicted molar refractivity (Wildman–Crippen MR) is 107 cm³/mol. The van der Waals surface area contributed by atoms with E-state index in [1.807, 2.05) is 24.3 Å². The molecule has 0 radical (unpaired) electrons. The quantitative estimate of drug-likeness (QED) is 0.612. The van der Waals surface area contributed by atoms with Crippen molar-refractivity contribution in [2.45, 2.75) is 19.5 Å². The van der Waals surface area contributed by atoms with E-state index in [1.165, 1.54) is 12.7 Å². The van der Waals surface area contributed by atoms with Crippen LogP contribution in [-0.4, -0.2) is 53.2 Å². The summed E-state index contributed by atoms with van der Waals surface area (Å²) in [6.45, 7) is 5.05. The second kappa shape index (κ2) is 9.15. The van der Waals surface area contributed by atoms with Gasteiger partial charge in [0.2, 0.25) is 5.89 Å². The molecule has 152 valence electrons. The lowest BCUT2D eigenvalue weighted by molar-refractivity contribution is 0.112. The van der Waals surface area contributed by atoms with Crippen molar-refractivity contribution in [2.24, 2.45) is 0 Å². The molecular weight excluding hydrogens is 371 g/mol. The van der Waals surface area contributed by atoms with E-state index in [0.717, 1.165) is 38.3 Å². The number of benzene rings is 2. The molecule has 1 aromatic heterocycles. The Kier molecular flexibility index (Phi) is 6.17. The van der Waals surface area contributed by atoms with Gasteiger partial charge in [-0.2, -0.15) is 4.98 Å². The van der Waals surface area contributed by atoms with Gasteiger partial charge in [-0.1, -0.05) is 41.6 Å². The molecular formula is C22H25FN4O2. The Morgan fingerprint density at radius 2 is 1.69 bits per heavy atom. The molecule has 1 saturated heterocycles. The molecule has 0 bridgehead atoms. The van der Waals surface area contributed by atoms with Gasteiger partial charge in [-0.05, 0) is 23.3 Å². The number of rotatable bonds is 7. The molecule has 0 saturated carbocycles. The highest BCUT2D eigenvalue weighted by Gasteiger charge is 2.20. The number of ether oxygens (including phenoxy) is 1. The zero-order chi connectivity index (χ0) is 20.1. The molecule has 0 N–H and O–H groups in total. The Balaban J connectivity index is 1.25. The first-order chi connectivity index (χ1) is 14.2. The lowest BCUT2D eigenvalue weighted by Crippen LogP contribution is -2.45. The van der Waals surface area contributed by atoms with Crippen LogP contribution < -0.4 is 4.74 Å². The summed E-state index contributed by atoms with van der Waals surface area (Å²) in [4.78, 5) is 9.16. The van der Waals surface area contributed by atoms with Gasteiger partial charge in [-0.25, -0.2) is 4.39 Å². The van der Waals surface area contributed by atoms with Gasteiger partial charge in [0.25, 0.3) is 0 Å². The smallest absolute Gasteiger partial charge is 0.240 e. The maximum absolute atomic E-state index is 13.9. The minimum Gasteiger partial charge on any atom is -0.494 e. The fraction of sp³-hybridized carbons (Fsp3) is 0.364. The van der Waals surface area contributed by atoms with E-state index in [2.05, 4.69) is 32.1 Å². The van der Waals surface area contributed by atoms with E-state index in [0.29, 0.717) is 24.7 Å². The number of hydrogen-bond donors (Lipinski definition) is 0. The summed E-state index contributed by atoms with van der Waals surface area (Å²) in [7, 11) is 1.48. The van der Waals surface area contributed by atoms with E-state index in [9.17, 15) is 4.39 Å². The van der Waals surface area contributed by atoms with Crippen LogP contribution >= 0.6 is 0 Å². The summed E-state index contributed by atoms with van der Waals surface area (Å²) in [5, 5.41) is 4.10. The largest absolute Gasteiger partial charge is 0.494 e. The Morgan fingerprint density at radius 3 is 2.38 bits per heavy atom. The van der Waals surface area contributed by atoms with Crippen LogP contribution in [0.3, 0.4) is 0 Å². The molecule has 0 spiro atoms. The molecule has 1 aliphatic rings. The summed E-state index contributed by atoms with van der Waals surface area (Å²) in [5.41, 5.74) is 2.13. The topological polar surface area (TPSA) is 54.6 Å². The van der Waals surface area contributed by atoms with Gasteiger partial charge in [-0.15, -0.1) is 0 Å². The Morgan fingerprint density at radius 1 is 0.966 bits per heavy atom. The summed E-state index contributed by atoms with van der Waals surface area (Å²) in [6, 6.07) is 15.3. The highest BCUT2D eigenvalue weighted by atomic mass is 19.1. The van der Waals surface area contributed by atoms with Crippen molar-refractivity contribution in [2.75, 3.05) is 33.3 Å². The molecule has 7 heteroatoms. The molecule has 2 heterocycles. The monoisotopic (exact) mass is 396 g/mol. The van der Waals surface area contributed by atoms with Crippen LogP contribution in [0.5, 0.6) is 5.75 Å². The van der Waals surface area contributed by atoms with Gasteiger partial charge < -0.3 is 9.26 Å². The number of halogens is 1. The van der Waals surface area contributed by atoms with E-state index < -0.39 is 0 Å². The van der Waals surface area contributed by atoms with Gasteiger partial charge in [0.05, 0.1) is 13.7 Å². The normalized spacial score (nSPS) is 15.5. The molecule has 1 aliphatic heterocycles. The highest BCUT2D eigenvalue weighted by Crippen LogP contribution is 2.19. The van der Waals surface area contributed by atoms with Crippen LogP contribution in [0.15, 0.2) is 53.1 Å². The molecule has 0 amide bonds.